The van der Waals surface area contributed by atoms with Gasteiger partial charge in [0.05, 0.1) is 7.11 Å². The molecule has 0 radical (unpaired) electrons. The Labute approximate surface area is 109 Å². The van der Waals surface area contributed by atoms with Gasteiger partial charge in [0.2, 0.25) is 0 Å². The number of benzene rings is 1. The molecule has 2 nitrogen and oxygen atoms in total. The number of unbranched alkanes of at least 4 members (excludes halogenated alkanes) is 2. The van der Waals surface area contributed by atoms with Crippen molar-refractivity contribution in [2.75, 3.05) is 19.4 Å². The maximum absolute atomic E-state index is 5.87. The second-order valence-corrected chi connectivity index (χ2v) is 5.35. The zero-order chi connectivity index (χ0) is 12.5. The van der Waals surface area contributed by atoms with E-state index in [1.54, 1.807) is 7.11 Å². The van der Waals surface area contributed by atoms with Crippen LogP contribution in [0.5, 0.6) is 5.75 Å². The number of para-hydroxylation sites is 1. The van der Waals surface area contributed by atoms with Crippen LogP contribution in [0.3, 0.4) is 0 Å². The second-order valence-electron chi connectivity index (χ2n) is 4.04. The Morgan fingerprint density at radius 2 is 2.06 bits per heavy atom. The van der Waals surface area contributed by atoms with Crippen molar-refractivity contribution in [2.45, 2.75) is 31.4 Å². The molecule has 0 amide bonds. The van der Waals surface area contributed by atoms with Crippen LogP contribution in [0.15, 0.2) is 24.3 Å². The summed E-state index contributed by atoms with van der Waals surface area (Å²) in [5, 5.41) is 0.350. The van der Waals surface area contributed by atoms with Gasteiger partial charge in [-0.05, 0) is 18.2 Å². The summed E-state index contributed by atoms with van der Waals surface area (Å²) in [6.45, 7) is 2.89. The number of thioether (sulfide) groups is 1. The molecule has 96 valence electrons. The zero-order valence-corrected chi connectivity index (χ0v) is 11.6. The summed E-state index contributed by atoms with van der Waals surface area (Å²) in [5.74, 6) is 2.12. The molecular formula is C14H23NOS. The fraction of sp³-hybridized carbons (Fsp3) is 0.571. The molecule has 1 aromatic rings. The molecule has 0 bridgehead atoms. The maximum atomic E-state index is 5.87. The van der Waals surface area contributed by atoms with Gasteiger partial charge in [-0.2, -0.15) is 11.8 Å². The van der Waals surface area contributed by atoms with Crippen molar-refractivity contribution in [2.24, 2.45) is 5.73 Å². The first-order chi connectivity index (χ1) is 8.33. The molecule has 0 fully saturated rings. The first kappa shape index (κ1) is 14.4. The molecule has 1 aromatic carbocycles. The molecular weight excluding hydrogens is 230 g/mol. The number of hydrogen-bond donors (Lipinski definition) is 1. The number of methoxy groups -OCH3 is 1. The Bertz CT molecular complexity index is 317. The summed E-state index contributed by atoms with van der Waals surface area (Å²) < 4.78 is 5.39. The van der Waals surface area contributed by atoms with E-state index in [4.69, 9.17) is 10.5 Å². The van der Waals surface area contributed by atoms with Crippen molar-refractivity contribution in [3.8, 4) is 5.75 Å². The highest BCUT2D eigenvalue weighted by Gasteiger charge is 2.14. The number of rotatable bonds is 8. The Morgan fingerprint density at radius 1 is 1.29 bits per heavy atom. The van der Waals surface area contributed by atoms with Gasteiger partial charge in [0.15, 0.2) is 0 Å². The number of nitrogens with two attached hydrogens (primary N) is 1. The molecule has 0 spiro atoms. The summed E-state index contributed by atoms with van der Waals surface area (Å²) in [6, 6.07) is 8.17. The Morgan fingerprint density at radius 3 is 2.71 bits per heavy atom. The lowest BCUT2D eigenvalue weighted by atomic mass is 10.1. The fourth-order valence-corrected chi connectivity index (χ4v) is 2.96. The molecule has 0 aliphatic heterocycles. The predicted octanol–water partition coefficient (Wildman–Crippen LogP) is 3.62. The van der Waals surface area contributed by atoms with Crippen LogP contribution in [-0.4, -0.2) is 19.4 Å². The third kappa shape index (κ3) is 4.60. The van der Waals surface area contributed by atoms with Crippen LogP contribution in [0.2, 0.25) is 0 Å². The van der Waals surface area contributed by atoms with E-state index in [2.05, 4.69) is 13.0 Å². The summed E-state index contributed by atoms with van der Waals surface area (Å²) in [4.78, 5) is 0. The van der Waals surface area contributed by atoms with Crippen molar-refractivity contribution in [3.05, 3.63) is 29.8 Å². The molecule has 17 heavy (non-hydrogen) atoms. The minimum Gasteiger partial charge on any atom is -0.496 e. The molecule has 1 unspecified atom stereocenters. The monoisotopic (exact) mass is 253 g/mol. The summed E-state index contributed by atoms with van der Waals surface area (Å²) in [7, 11) is 1.72. The van der Waals surface area contributed by atoms with Crippen LogP contribution in [0.1, 0.15) is 37.0 Å². The molecule has 1 rings (SSSR count). The predicted molar refractivity (Wildman–Crippen MR) is 76.8 cm³/mol. The van der Waals surface area contributed by atoms with Crippen LogP contribution < -0.4 is 10.5 Å². The zero-order valence-electron chi connectivity index (χ0n) is 10.8. The normalized spacial score (nSPS) is 12.4. The van der Waals surface area contributed by atoms with Crippen molar-refractivity contribution < 1.29 is 4.74 Å². The summed E-state index contributed by atoms with van der Waals surface area (Å²) >= 11 is 1.94. The van der Waals surface area contributed by atoms with E-state index in [1.807, 2.05) is 30.0 Å². The summed E-state index contributed by atoms with van der Waals surface area (Å²) in [5.41, 5.74) is 7.09. The number of ether oxygens (including phenoxy) is 1. The standard InChI is InChI=1S/C14H23NOS/c1-3-4-7-10-17-14(11-15)12-8-5-6-9-13(12)16-2/h5-6,8-9,14H,3-4,7,10-11,15H2,1-2H3. The van der Waals surface area contributed by atoms with E-state index in [0.717, 1.165) is 5.75 Å². The average molecular weight is 253 g/mol. The SMILES string of the molecule is CCCCCSC(CN)c1ccccc1OC. The van der Waals surface area contributed by atoms with E-state index in [0.29, 0.717) is 11.8 Å². The molecule has 0 saturated heterocycles. The second kappa shape index (κ2) is 8.43. The molecule has 1 atom stereocenters. The van der Waals surface area contributed by atoms with Gasteiger partial charge >= 0.3 is 0 Å². The fourth-order valence-electron chi connectivity index (χ4n) is 1.79. The van der Waals surface area contributed by atoms with E-state index in [-0.39, 0.29) is 0 Å². The van der Waals surface area contributed by atoms with E-state index in [9.17, 15) is 0 Å². The first-order valence-corrected chi connectivity index (χ1v) is 7.33. The van der Waals surface area contributed by atoms with Crippen molar-refractivity contribution in [3.63, 3.8) is 0 Å². The lowest BCUT2D eigenvalue weighted by Gasteiger charge is -2.17. The molecule has 0 saturated carbocycles. The van der Waals surface area contributed by atoms with E-state index >= 15 is 0 Å². The van der Waals surface area contributed by atoms with Crippen LogP contribution in [0.25, 0.3) is 0 Å². The Kier molecular flexibility index (Phi) is 7.13. The van der Waals surface area contributed by atoms with Gasteiger partial charge in [-0.15, -0.1) is 0 Å². The quantitative estimate of drug-likeness (QED) is 0.719. The average Bonchev–Trinajstić information content (AvgIpc) is 2.39. The molecule has 0 aliphatic carbocycles. The molecule has 0 aromatic heterocycles. The summed E-state index contributed by atoms with van der Waals surface area (Å²) in [6.07, 6.45) is 3.84. The maximum Gasteiger partial charge on any atom is 0.123 e. The minimum atomic E-state index is 0.350. The highest BCUT2D eigenvalue weighted by Crippen LogP contribution is 2.34. The van der Waals surface area contributed by atoms with Gasteiger partial charge in [-0.3, -0.25) is 0 Å². The Balaban J connectivity index is 2.59. The van der Waals surface area contributed by atoms with Gasteiger partial charge in [0.1, 0.15) is 5.75 Å². The molecule has 3 heteroatoms. The van der Waals surface area contributed by atoms with E-state index in [1.165, 1.54) is 30.6 Å². The molecule has 0 heterocycles. The van der Waals surface area contributed by atoms with Crippen molar-refractivity contribution in [1.29, 1.82) is 0 Å². The molecule has 0 aliphatic rings. The van der Waals surface area contributed by atoms with Crippen LogP contribution >= 0.6 is 11.8 Å². The lowest BCUT2D eigenvalue weighted by Crippen LogP contribution is -2.11. The third-order valence-electron chi connectivity index (χ3n) is 2.77. The topological polar surface area (TPSA) is 35.2 Å². The van der Waals surface area contributed by atoms with Gasteiger partial charge < -0.3 is 10.5 Å². The minimum absolute atomic E-state index is 0.350. The van der Waals surface area contributed by atoms with Crippen molar-refractivity contribution in [1.82, 2.24) is 0 Å². The third-order valence-corrected chi connectivity index (χ3v) is 4.14. The van der Waals surface area contributed by atoms with Crippen LogP contribution in [-0.2, 0) is 0 Å². The van der Waals surface area contributed by atoms with Crippen molar-refractivity contribution >= 4 is 11.8 Å². The van der Waals surface area contributed by atoms with Crippen LogP contribution in [0, 0.1) is 0 Å². The van der Waals surface area contributed by atoms with E-state index < -0.39 is 0 Å². The van der Waals surface area contributed by atoms with Gasteiger partial charge in [-0.1, -0.05) is 38.0 Å². The smallest absolute Gasteiger partial charge is 0.123 e. The Hall–Kier alpha value is -0.670. The van der Waals surface area contributed by atoms with Gasteiger partial charge in [-0.25, -0.2) is 0 Å². The first-order valence-electron chi connectivity index (χ1n) is 6.28. The highest BCUT2D eigenvalue weighted by atomic mass is 32.2. The molecule has 2 N–H and O–H groups in total. The largest absolute Gasteiger partial charge is 0.496 e. The lowest BCUT2D eigenvalue weighted by molar-refractivity contribution is 0.409. The van der Waals surface area contributed by atoms with Crippen LogP contribution in [0.4, 0.5) is 0 Å². The van der Waals surface area contributed by atoms with Gasteiger partial charge in [0.25, 0.3) is 0 Å². The number of hydrogen-bond acceptors (Lipinski definition) is 3. The van der Waals surface area contributed by atoms with Gasteiger partial charge in [0, 0.05) is 17.4 Å². The highest BCUT2D eigenvalue weighted by molar-refractivity contribution is 7.99.